The van der Waals surface area contributed by atoms with Gasteiger partial charge in [0.2, 0.25) is 12.7 Å². The molecule has 0 atom stereocenters. The molecule has 0 spiro atoms. The average Bonchev–Trinajstić information content (AvgIpc) is 2.71. The van der Waals surface area contributed by atoms with Gasteiger partial charge in [-0.2, -0.15) is 0 Å². The van der Waals surface area contributed by atoms with E-state index in [2.05, 4.69) is 0 Å². The third-order valence-corrected chi connectivity index (χ3v) is 1.80. The summed E-state index contributed by atoms with van der Waals surface area (Å²) in [6.07, 6.45) is 12.0. The zero-order chi connectivity index (χ0) is 17.0. The Morgan fingerprint density at radius 3 is 1.00 bits per heavy atom. The molecular formula is C10H18F6N4Si. The van der Waals surface area contributed by atoms with E-state index in [1.807, 2.05) is 83.9 Å². The Hall–Kier alpha value is -1.78. The Balaban J connectivity index is 0.000000286. The van der Waals surface area contributed by atoms with Gasteiger partial charge in [-0.15, -0.1) is 0 Å². The average molecular weight is 336 g/mol. The fourth-order valence-electron chi connectivity index (χ4n) is 1.15. The maximum atomic E-state index is 9.88. The Morgan fingerprint density at radius 2 is 0.952 bits per heavy atom. The Morgan fingerprint density at radius 1 is 0.714 bits per heavy atom. The van der Waals surface area contributed by atoms with Gasteiger partial charge in [0.25, 0.3) is 0 Å². The van der Waals surface area contributed by atoms with Crippen LogP contribution in [-0.2, 0) is 28.2 Å². The van der Waals surface area contributed by atoms with Crippen molar-refractivity contribution in [3.63, 3.8) is 0 Å². The van der Waals surface area contributed by atoms with E-state index >= 15 is 0 Å². The number of hydrogen-bond acceptors (Lipinski definition) is 0. The number of halogens is 6. The number of aromatic nitrogens is 4. The predicted molar refractivity (Wildman–Crippen MR) is 65.6 cm³/mol. The van der Waals surface area contributed by atoms with Crippen molar-refractivity contribution in [2.24, 2.45) is 28.2 Å². The zero-order valence-electron chi connectivity index (χ0n) is 12.0. The van der Waals surface area contributed by atoms with Crippen molar-refractivity contribution in [3.8, 4) is 0 Å². The summed E-state index contributed by atoms with van der Waals surface area (Å²) in [7, 11) is -2.84. The molecule has 0 saturated heterocycles. The standard InChI is InChI=1S/2C5H9N2.F6Si/c2*1-6-3-4-7(2)5-6;1-7(2,3,4,5)6/h2*3-5H,1-2H3;/q2*+1;-2. The van der Waals surface area contributed by atoms with Gasteiger partial charge in [0.15, 0.2) is 0 Å². The summed E-state index contributed by atoms with van der Waals surface area (Å²) in [5, 5.41) is 0. The van der Waals surface area contributed by atoms with Crippen molar-refractivity contribution in [1.29, 1.82) is 0 Å². The molecule has 0 aliphatic heterocycles. The number of imidazole rings is 2. The van der Waals surface area contributed by atoms with Crippen LogP contribution in [0.2, 0.25) is 0 Å². The van der Waals surface area contributed by atoms with Crippen LogP contribution in [0, 0.1) is 0 Å². The summed E-state index contributed by atoms with van der Waals surface area (Å²) in [4.78, 5) is 0. The fraction of sp³-hybridized carbons (Fsp3) is 0.400. The van der Waals surface area contributed by atoms with E-state index in [-0.39, 0.29) is 0 Å². The first-order valence-corrected chi connectivity index (χ1v) is 7.92. The molecule has 2 rings (SSSR count). The molecule has 4 nitrogen and oxygen atoms in total. The second-order valence-electron chi connectivity index (χ2n) is 4.56. The second-order valence-corrected chi connectivity index (χ2v) is 6.70. The monoisotopic (exact) mass is 336 g/mol. The van der Waals surface area contributed by atoms with E-state index < -0.39 is 8.63 Å². The van der Waals surface area contributed by atoms with Gasteiger partial charge in [-0.25, -0.2) is 18.3 Å². The van der Waals surface area contributed by atoms with Crippen LogP contribution in [0.1, 0.15) is 0 Å². The first-order valence-electron chi connectivity index (χ1n) is 5.66. The van der Waals surface area contributed by atoms with E-state index in [4.69, 9.17) is 0 Å². The number of nitrogens with zero attached hydrogens (tertiary/aromatic N) is 4. The third kappa shape index (κ3) is 18.2. The van der Waals surface area contributed by atoms with Gasteiger partial charge in [0.05, 0.1) is 28.2 Å². The van der Waals surface area contributed by atoms with Crippen LogP contribution in [0.25, 0.3) is 0 Å². The van der Waals surface area contributed by atoms with Gasteiger partial charge in [-0.05, 0) is 0 Å². The molecule has 21 heavy (non-hydrogen) atoms. The molecule has 0 radical (unpaired) electrons. The molecule has 11 heteroatoms. The Bertz CT molecular complexity index is 488. The minimum absolute atomic E-state index is 2.00. The summed E-state index contributed by atoms with van der Waals surface area (Å²) < 4.78 is 67.3. The molecule has 0 aromatic carbocycles. The topological polar surface area (TPSA) is 17.6 Å². The summed E-state index contributed by atoms with van der Waals surface area (Å²) in [6.45, 7) is 0. The molecule has 0 unspecified atom stereocenters. The Labute approximate surface area is 118 Å². The van der Waals surface area contributed by atoms with Crippen LogP contribution in [0.15, 0.2) is 37.4 Å². The van der Waals surface area contributed by atoms with Crippen LogP contribution in [0.3, 0.4) is 0 Å². The van der Waals surface area contributed by atoms with Crippen molar-refractivity contribution < 1.29 is 33.8 Å². The number of hydrogen-bond donors (Lipinski definition) is 0. The fourth-order valence-corrected chi connectivity index (χ4v) is 1.15. The molecule has 0 saturated carbocycles. The third-order valence-electron chi connectivity index (χ3n) is 1.80. The van der Waals surface area contributed by atoms with Crippen molar-refractivity contribution in [2.75, 3.05) is 0 Å². The van der Waals surface area contributed by atoms with Gasteiger partial charge in [0.1, 0.15) is 24.8 Å². The summed E-state index contributed by atoms with van der Waals surface area (Å²) >= 11 is 0. The molecule has 0 N–H and O–H groups in total. The zero-order valence-corrected chi connectivity index (χ0v) is 13.0. The van der Waals surface area contributed by atoms with Crippen LogP contribution < -0.4 is 9.13 Å². The number of rotatable bonds is 0. The van der Waals surface area contributed by atoms with Crippen molar-refractivity contribution in [1.82, 2.24) is 9.13 Å². The normalized spacial score (nSPS) is 14.0. The second kappa shape index (κ2) is 5.54. The molecule has 0 fully saturated rings. The minimum atomic E-state index is -10.8. The first kappa shape index (κ1) is 19.2. The quantitative estimate of drug-likeness (QED) is 0.302. The van der Waals surface area contributed by atoms with Gasteiger partial charge in [0, 0.05) is 0 Å². The summed E-state index contributed by atoms with van der Waals surface area (Å²) in [5.74, 6) is 0. The van der Waals surface area contributed by atoms with Crippen LogP contribution in [0.4, 0.5) is 24.6 Å². The van der Waals surface area contributed by atoms with Crippen molar-refractivity contribution in [2.45, 2.75) is 0 Å². The van der Waals surface area contributed by atoms with Crippen LogP contribution >= 0.6 is 0 Å². The van der Waals surface area contributed by atoms with Crippen molar-refractivity contribution >= 4 is 8.63 Å². The maximum absolute atomic E-state index is 10.8. The van der Waals surface area contributed by atoms with E-state index in [9.17, 15) is 24.6 Å². The van der Waals surface area contributed by atoms with E-state index in [0.29, 0.717) is 0 Å². The van der Waals surface area contributed by atoms with Crippen LogP contribution in [0.5, 0.6) is 0 Å². The molecule has 2 aromatic rings. The summed E-state index contributed by atoms with van der Waals surface area (Å²) in [5.41, 5.74) is 0. The van der Waals surface area contributed by atoms with E-state index in [1.165, 1.54) is 0 Å². The predicted octanol–water partition coefficient (Wildman–Crippen LogP) is 1.84. The van der Waals surface area contributed by atoms with Gasteiger partial charge in [-0.3, -0.25) is 0 Å². The van der Waals surface area contributed by atoms with Gasteiger partial charge < -0.3 is 0 Å². The molecule has 0 aliphatic carbocycles. The van der Waals surface area contributed by atoms with E-state index in [0.717, 1.165) is 0 Å². The molecule has 2 aromatic heterocycles. The van der Waals surface area contributed by atoms with E-state index in [1.54, 1.807) is 0 Å². The molecule has 2 heterocycles. The summed E-state index contributed by atoms with van der Waals surface area (Å²) in [6, 6.07) is 0. The molecule has 124 valence electrons. The molecule has 0 amide bonds. The van der Waals surface area contributed by atoms with Crippen LogP contribution in [-0.4, -0.2) is 17.8 Å². The first-order chi connectivity index (χ1) is 9.02. The Kier molecular flexibility index (Phi) is 5.07. The molecule has 0 aliphatic rings. The van der Waals surface area contributed by atoms with Gasteiger partial charge >= 0.3 is 33.3 Å². The molecular weight excluding hydrogens is 318 g/mol. The number of aryl methyl sites for hydroxylation is 4. The van der Waals surface area contributed by atoms with Crippen molar-refractivity contribution in [3.05, 3.63) is 37.4 Å². The molecule has 0 bridgehead atoms. The van der Waals surface area contributed by atoms with Gasteiger partial charge in [-0.1, -0.05) is 0 Å². The SMILES string of the molecule is Cn1cc[n+](C)c1.Cn1cc[n+](C)c1.F[Si-2](F)(F)(F)(F)F.